The third-order valence-corrected chi connectivity index (χ3v) is 6.00. The SMILES string of the molecule is CC1=C(C)N2C(=NC3C2C(=O)N(CCC(C)C)C(=O)N3C)N1c1ccccc1N. The number of fused-ring (bicyclic) bond motifs is 3. The average molecular weight is 396 g/mol. The van der Waals surface area contributed by atoms with Crippen molar-refractivity contribution in [3.63, 3.8) is 0 Å². The van der Waals surface area contributed by atoms with Crippen LogP contribution in [0.15, 0.2) is 40.7 Å². The molecule has 0 saturated carbocycles. The number of carbonyl (C=O) groups is 2. The molecule has 1 aromatic rings. The summed E-state index contributed by atoms with van der Waals surface area (Å²) in [5, 5.41) is 0. The average Bonchev–Trinajstić information content (AvgIpc) is 3.17. The second kappa shape index (κ2) is 6.79. The number of aliphatic imine (C=N–C) groups is 1. The van der Waals surface area contributed by atoms with Crippen LogP contribution in [0, 0.1) is 5.92 Å². The van der Waals surface area contributed by atoms with Gasteiger partial charge in [-0.2, -0.15) is 0 Å². The number of hydrogen-bond acceptors (Lipinski definition) is 6. The molecule has 154 valence electrons. The lowest BCUT2D eigenvalue weighted by Crippen LogP contribution is -2.64. The fourth-order valence-corrected chi connectivity index (χ4v) is 4.19. The van der Waals surface area contributed by atoms with Crippen LogP contribution < -0.4 is 10.6 Å². The molecule has 1 fully saturated rings. The predicted octanol–water partition coefficient (Wildman–Crippen LogP) is 2.65. The van der Waals surface area contributed by atoms with Crippen LogP contribution in [-0.4, -0.2) is 58.4 Å². The molecule has 3 amide bonds. The molecule has 3 aliphatic heterocycles. The minimum Gasteiger partial charge on any atom is -0.397 e. The monoisotopic (exact) mass is 396 g/mol. The zero-order valence-electron chi connectivity index (χ0n) is 17.6. The number of nitrogens with two attached hydrogens (primary N) is 1. The van der Waals surface area contributed by atoms with Crippen LogP contribution in [0.1, 0.15) is 34.1 Å². The number of rotatable bonds is 4. The van der Waals surface area contributed by atoms with Crippen LogP contribution in [0.25, 0.3) is 0 Å². The third kappa shape index (κ3) is 2.77. The molecule has 0 radical (unpaired) electrons. The lowest BCUT2D eigenvalue weighted by molar-refractivity contribution is -0.137. The van der Waals surface area contributed by atoms with Gasteiger partial charge in [0.1, 0.15) is 0 Å². The fourth-order valence-electron chi connectivity index (χ4n) is 4.19. The van der Waals surface area contributed by atoms with Gasteiger partial charge in [0, 0.05) is 25.0 Å². The molecule has 3 heterocycles. The summed E-state index contributed by atoms with van der Waals surface area (Å²) in [5.74, 6) is 0.861. The van der Waals surface area contributed by atoms with Crippen molar-refractivity contribution in [2.45, 2.75) is 46.3 Å². The van der Waals surface area contributed by atoms with Gasteiger partial charge in [0.05, 0.1) is 11.4 Å². The van der Waals surface area contributed by atoms with E-state index >= 15 is 0 Å². The van der Waals surface area contributed by atoms with Gasteiger partial charge in [0.25, 0.3) is 5.91 Å². The summed E-state index contributed by atoms with van der Waals surface area (Å²) >= 11 is 0. The number of anilines is 2. The maximum Gasteiger partial charge on any atom is 0.328 e. The molecule has 2 atom stereocenters. The van der Waals surface area contributed by atoms with Crippen LogP contribution in [0.5, 0.6) is 0 Å². The Kier molecular flexibility index (Phi) is 4.52. The van der Waals surface area contributed by atoms with E-state index in [-0.39, 0.29) is 11.9 Å². The summed E-state index contributed by atoms with van der Waals surface area (Å²) in [6.07, 6.45) is 0.229. The predicted molar refractivity (Wildman–Crippen MR) is 113 cm³/mol. The quantitative estimate of drug-likeness (QED) is 0.791. The van der Waals surface area contributed by atoms with E-state index in [1.165, 1.54) is 4.90 Å². The summed E-state index contributed by atoms with van der Waals surface area (Å²) in [6, 6.07) is 6.76. The minimum absolute atomic E-state index is 0.187. The number of carbonyl (C=O) groups excluding carboxylic acids is 2. The molecule has 8 heteroatoms. The standard InChI is InChI=1S/C21H28N6O2/c1-12(2)10-11-25-19(28)17-18(24(5)21(25)29)23-20-26(13(3)14(4)27(17)20)16-9-7-6-8-15(16)22/h6-9,12,17-18H,10-11,22H2,1-5H3. The Bertz CT molecular complexity index is 937. The summed E-state index contributed by atoms with van der Waals surface area (Å²) in [6.45, 7) is 8.57. The number of likely N-dealkylation sites (N-methyl/N-ethyl adjacent to an activating group) is 1. The number of nitrogens with zero attached hydrogens (tertiary/aromatic N) is 5. The van der Waals surface area contributed by atoms with Crippen LogP contribution in [-0.2, 0) is 4.79 Å². The largest absolute Gasteiger partial charge is 0.397 e. The van der Waals surface area contributed by atoms with Crippen molar-refractivity contribution in [1.82, 2.24) is 14.7 Å². The first-order valence-electron chi connectivity index (χ1n) is 10.0. The first-order chi connectivity index (χ1) is 13.7. The van der Waals surface area contributed by atoms with Gasteiger partial charge in [-0.3, -0.25) is 19.5 Å². The molecule has 8 nitrogen and oxygen atoms in total. The Balaban J connectivity index is 1.73. The highest BCUT2D eigenvalue weighted by atomic mass is 16.2. The number of allylic oxidation sites excluding steroid dienone is 2. The summed E-state index contributed by atoms with van der Waals surface area (Å²) < 4.78 is 0. The molecule has 1 aromatic carbocycles. The smallest absolute Gasteiger partial charge is 0.328 e. The molecular formula is C21H28N6O2. The third-order valence-electron chi connectivity index (χ3n) is 6.00. The van der Waals surface area contributed by atoms with Crippen molar-refractivity contribution in [3.8, 4) is 0 Å². The van der Waals surface area contributed by atoms with Crippen LogP contribution in [0.4, 0.5) is 16.2 Å². The van der Waals surface area contributed by atoms with Gasteiger partial charge in [0.2, 0.25) is 5.96 Å². The lowest BCUT2D eigenvalue weighted by atomic mass is 10.1. The molecule has 1 saturated heterocycles. The van der Waals surface area contributed by atoms with Crippen molar-refractivity contribution in [3.05, 3.63) is 35.7 Å². The van der Waals surface area contributed by atoms with Gasteiger partial charge in [-0.15, -0.1) is 0 Å². The summed E-state index contributed by atoms with van der Waals surface area (Å²) in [5.41, 5.74) is 9.60. The van der Waals surface area contributed by atoms with E-state index < -0.39 is 12.2 Å². The molecule has 0 spiro atoms. The van der Waals surface area contributed by atoms with Crippen LogP contribution in [0.3, 0.4) is 0 Å². The second-order valence-electron chi connectivity index (χ2n) is 8.29. The zero-order valence-corrected chi connectivity index (χ0v) is 17.6. The maximum absolute atomic E-state index is 13.4. The molecule has 0 aliphatic carbocycles. The Morgan fingerprint density at radius 2 is 1.83 bits per heavy atom. The Hall–Kier alpha value is -3.03. The van der Waals surface area contributed by atoms with Crippen molar-refractivity contribution < 1.29 is 9.59 Å². The number of imide groups is 1. The number of guanidine groups is 1. The molecule has 2 N–H and O–H groups in total. The second-order valence-corrected chi connectivity index (χ2v) is 8.29. The molecule has 0 aromatic heterocycles. The van der Waals surface area contributed by atoms with Gasteiger partial charge in [-0.05, 0) is 38.3 Å². The molecule has 4 rings (SSSR count). The van der Waals surface area contributed by atoms with Crippen molar-refractivity contribution >= 4 is 29.3 Å². The molecule has 29 heavy (non-hydrogen) atoms. The fraction of sp³-hybridized carbons (Fsp3) is 0.476. The number of nitrogen functional groups attached to an aromatic ring is 1. The first-order valence-corrected chi connectivity index (χ1v) is 10.0. The summed E-state index contributed by atoms with van der Waals surface area (Å²) in [7, 11) is 1.72. The van der Waals surface area contributed by atoms with Crippen LogP contribution >= 0.6 is 0 Å². The van der Waals surface area contributed by atoms with Crippen molar-refractivity contribution in [1.29, 1.82) is 0 Å². The maximum atomic E-state index is 13.4. The van der Waals surface area contributed by atoms with E-state index in [1.807, 2.05) is 47.9 Å². The highest BCUT2D eigenvalue weighted by Crippen LogP contribution is 2.41. The van der Waals surface area contributed by atoms with Gasteiger partial charge < -0.3 is 10.6 Å². The van der Waals surface area contributed by atoms with E-state index in [0.29, 0.717) is 24.1 Å². The van der Waals surface area contributed by atoms with E-state index in [1.54, 1.807) is 11.9 Å². The normalized spacial score (nSPS) is 24.0. The number of amides is 3. The number of urea groups is 1. The van der Waals surface area contributed by atoms with E-state index in [2.05, 4.69) is 13.8 Å². The molecule has 0 bridgehead atoms. The molecule has 2 unspecified atom stereocenters. The molecular weight excluding hydrogens is 368 g/mol. The molecule has 3 aliphatic rings. The Morgan fingerprint density at radius 3 is 2.48 bits per heavy atom. The Morgan fingerprint density at radius 1 is 1.14 bits per heavy atom. The van der Waals surface area contributed by atoms with E-state index in [9.17, 15) is 9.59 Å². The lowest BCUT2D eigenvalue weighted by Gasteiger charge is -2.41. The Labute approximate surface area is 171 Å². The first kappa shape index (κ1) is 19.3. The van der Waals surface area contributed by atoms with E-state index in [4.69, 9.17) is 10.7 Å². The highest BCUT2D eigenvalue weighted by Gasteiger charge is 2.55. The van der Waals surface area contributed by atoms with Crippen molar-refractivity contribution in [2.75, 3.05) is 24.2 Å². The zero-order chi connectivity index (χ0) is 21.0. The topological polar surface area (TPSA) is 85.5 Å². The van der Waals surface area contributed by atoms with Crippen molar-refractivity contribution in [2.24, 2.45) is 10.9 Å². The van der Waals surface area contributed by atoms with Gasteiger partial charge >= 0.3 is 6.03 Å². The van der Waals surface area contributed by atoms with Gasteiger partial charge in [0.15, 0.2) is 12.2 Å². The number of para-hydroxylation sites is 2. The van der Waals surface area contributed by atoms with Gasteiger partial charge in [-0.25, -0.2) is 9.79 Å². The van der Waals surface area contributed by atoms with Gasteiger partial charge in [-0.1, -0.05) is 26.0 Å². The number of benzene rings is 1. The van der Waals surface area contributed by atoms with Crippen LogP contribution in [0.2, 0.25) is 0 Å². The number of hydrogen-bond donors (Lipinski definition) is 1. The summed E-state index contributed by atoms with van der Waals surface area (Å²) in [4.78, 5) is 37.9. The minimum atomic E-state index is -0.551. The van der Waals surface area contributed by atoms with E-state index in [0.717, 1.165) is 23.5 Å². The highest BCUT2D eigenvalue weighted by molar-refractivity contribution is 6.11.